The standard InChI is InChI=1S/C30H49N7O6/c1-30(2,3)26(38)17-23-21-5-7-24-25(8-6-22(21)23)37(33-32-24)10-4-9-31-27(39)18-34-11-13-35(19-28(40)41)15-16-36(14-12-34)20-29(42)43/h21-23H,4-20H2,1-3H3,(H,31,39)(H,40,41)(H,42,43)/p+1/t21?,22?,23-/m0/s1. The van der Waals surface area contributed by atoms with Crippen molar-refractivity contribution in [1.82, 2.24) is 35.0 Å². The Kier molecular flexibility index (Phi) is 11.3. The predicted octanol–water partition coefficient (Wildman–Crippen LogP) is -0.214. The number of carbonyl (C=O) groups excluding carboxylic acids is 3. The molecule has 2 aliphatic carbocycles. The summed E-state index contributed by atoms with van der Waals surface area (Å²) in [5.74, 6) is 0.413. The highest BCUT2D eigenvalue weighted by molar-refractivity contribution is 5.84. The normalized spacial score (nSPS) is 23.9. The monoisotopic (exact) mass is 604 g/mol. The summed E-state index contributed by atoms with van der Waals surface area (Å²) < 4.78 is 1.99. The van der Waals surface area contributed by atoms with E-state index in [1.807, 2.05) is 35.3 Å². The molecule has 4 rings (SSSR count). The van der Waals surface area contributed by atoms with Gasteiger partial charge in [0.25, 0.3) is 0 Å². The average molecular weight is 605 g/mol. The molecule has 3 atom stereocenters. The van der Waals surface area contributed by atoms with Gasteiger partial charge >= 0.3 is 11.9 Å². The molecule has 13 nitrogen and oxygen atoms in total. The van der Waals surface area contributed by atoms with Gasteiger partial charge in [-0.3, -0.25) is 29.1 Å². The first-order valence-electron chi connectivity index (χ1n) is 15.7. The third kappa shape index (κ3) is 9.80. The van der Waals surface area contributed by atoms with E-state index in [2.05, 4.69) is 15.6 Å². The van der Waals surface area contributed by atoms with Gasteiger partial charge in [0.2, 0.25) is 5.91 Å². The van der Waals surface area contributed by atoms with Crippen molar-refractivity contribution in [3.63, 3.8) is 0 Å². The number of aliphatic carboxylic acids is 1. The molecule has 3 aliphatic rings. The molecule has 4 N–H and O–H groups in total. The summed E-state index contributed by atoms with van der Waals surface area (Å²) in [5.41, 5.74) is 1.98. The van der Waals surface area contributed by atoms with Gasteiger partial charge in [0.1, 0.15) is 5.78 Å². The summed E-state index contributed by atoms with van der Waals surface area (Å²) >= 11 is 0. The maximum atomic E-state index is 12.8. The lowest BCUT2D eigenvalue weighted by Gasteiger charge is -2.24. The predicted molar refractivity (Wildman–Crippen MR) is 159 cm³/mol. The molecule has 1 amide bonds. The summed E-state index contributed by atoms with van der Waals surface area (Å²) in [5, 5.41) is 28.4. The van der Waals surface area contributed by atoms with Crippen molar-refractivity contribution in [3.05, 3.63) is 11.4 Å². The van der Waals surface area contributed by atoms with Crippen LogP contribution in [0, 0.1) is 23.2 Å². The molecule has 0 spiro atoms. The molecular weight excluding hydrogens is 554 g/mol. The van der Waals surface area contributed by atoms with Crippen LogP contribution in [0.5, 0.6) is 0 Å². The van der Waals surface area contributed by atoms with E-state index >= 15 is 0 Å². The van der Waals surface area contributed by atoms with E-state index in [1.165, 1.54) is 5.69 Å². The average Bonchev–Trinajstić information content (AvgIpc) is 3.36. The van der Waals surface area contributed by atoms with Gasteiger partial charge in [-0.15, -0.1) is 5.10 Å². The topological polar surface area (TPSA) is 164 Å². The lowest BCUT2D eigenvalue weighted by atomic mass is 9.87. The van der Waals surface area contributed by atoms with Crippen molar-refractivity contribution in [3.8, 4) is 0 Å². The van der Waals surface area contributed by atoms with Crippen LogP contribution in [0.3, 0.4) is 0 Å². The van der Waals surface area contributed by atoms with Crippen LogP contribution < -0.4 is 5.32 Å². The maximum absolute atomic E-state index is 12.8. The molecule has 0 bridgehead atoms. The second-order valence-corrected chi connectivity index (χ2v) is 13.5. The van der Waals surface area contributed by atoms with Crippen LogP contribution in [-0.2, 0) is 38.6 Å². The first kappa shape index (κ1) is 33.0. The summed E-state index contributed by atoms with van der Waals surface area (Å²) in [6.45, 7) is 10.4. The lowest BCUT2D eigenvalue weighted by Crippen LogP contribution is -2.43. The maximum Gasteiger partial charge on any atom is 0.530 e. The van der Waals surface area contributed by atoms with Gasteiger partial charge in [0.05, 0.1) is 24.5 Å². The highest BCUT2D eigenvalue weighted by Crippen LogP contribution is 2.55. The van der Waals surface area contributed by atoms with Gasteiger partial charge in [0.15, 0.2) is 6.54 Å². The lowest BCUT2D eigenvalue weighted by molar-refractivity contribution is -0.140. The third-order valence-electron chi connectivity index (χ3n) is 9.27. The molecule has 2 heterocycles. The van der Waals surface area contributed by atoms with Gasteiger partial charge in [-0.2, -0.15) is 0 Å². The number of nitrogens with zero attached hydrogens (tertiary/aromatic N) is 6. The van der Waals surface area contributed by atoms with Gasteiger partial charge in [-0.1, -0.05) is 26.0 Å². The fraction of sp³-hybridized carbons (Fsp3) is 0.800. The molecule has 1 aliphatic heterocycles. The summed E-state index contributed by atoms with van der Waals surface area (Å²) in [7, 11) is 0. The molecule has 0 aromatic carbocycles. The van der Waals surface area contributed by atoms with Crippen molar-refractivity contribution >= 4 is 23.6 Å². The zero-order valence-electron chi connectivity index (χ0n) is 26.0. The van der Waals surface area contributed by atoms with Crippen LogP contribution >= 0.6 is 0 Å². The van der Waals surface area contributed by atoms with Crippen molar-refractivity contribution < 1.29 is 29.4 Å². The van der Waals surface area contributed by atoms with Crippen molar-refractivity contribution in [2.24, 2.45) is 23.2 Å². The fourth-order valence-electron chi connectivity index (χ4n) is 6.59. The zero-order valence-corrected chi connectivity index (χ0v) is 26.0. The number of carboxylic acids is 1. The molecule has 43 heavy (non-hydrogen) atoms. The number of fused-ring (bicyclic) bond motifs is 2. The fourth-order valence-corrected chi connectivity index (χ4v) is 6.59. The largest absolute Gasteiger partial charge is 0.564 e. The minimum atomic E-state index is -0.917. The van der Waals surface area contributed by atoms with Gasteiger partial charge in [-0.05, 0) is 49.9 Å². The molecule has 13 heteroatoms. The first-order valence-corrected chi connectivity index (χ1v) is 15.7. The molecular formula is C30H50N7O6+. The number of ketones is 1. The Morgan fingerprint density at radius 2 is 1.49 bits per heavy atom. The highest BCUT2D eigenvalue weighted by atomic mass is 16.4. The summed E-state index contributed by atoms with van der Waals surface area (Å²) in [6, 6.07) is 0. The van der Waals surface area contributed by atoms with E-state index in [0.29, 0.717) is 82.3 Å². The Morgan fingerprint density at radius 3 is 2.07 bits per heavy atom. The molecule has 240 valence electrons. The molecule has 2 fully saturated rings. The van der Waals surface area contributed by atoms with Crippen LogP contribution in [-0.4, -0.2) is 129 Å². The molecule has 1 saturated heterocycles. The van der Waals surface area contributed by atoms with Gasteiger partial charge < -0.3 is 15.5 Å². The van der Waals surface area contributed by atoms with E-state index in [-0.39, 0.29) is 31.0 Å². The summed E-state index contributed by atoms with van der Waals surface area (Å²) in [6.07, 6.45) is 5.37. The SMILES string of the molecule is CC(C)(C)C(=O)C[C@H]1C2CCc3nnn(CCCNC(=O)CN4CCN(CC(=O)O)CCN(CC(=O)[OH2+])CC4)c3CCC21. The number of aromatic nitrogens is 3. The number of nitrogens with one attached hydrogen (secondary N) is 1. The highest BCUT2D eigenvalue weighted by Gasteiger charge is 2.51. The van der Waals surface area contributed by atoms with Gasteiger partial charge in [-0.25, -0.2) is 4.68 Å². The Labute approximate surface area is 253 Å². The van der Waals surface area contributed by atoms with Crippen LogP contribution in [0.25, 0.3) is 0 Å². The smallest absolute Gasteiger partial charge is 0.530 e. The number of rotatable bonds is 12. The minimum absolute atomic E-state index is 0.00830. The Balaban J connectivity index is 1.21. The quantitative estimate of drug-likeness (QED) is 0.241. The van der Waals surface area contributed by atoms with Gasteiger partial charge in [0, 0.05) is 69.0 Å². The number of Topliss-reactive ketones (excluding diaryl/α,β-unsaturated/α-hetero) is 1. The number of hydrogen-bond donors (Lipinski definition) is 2. The number of amides is 1. The van der Waals surface area contributed by atoms with E-state index in [9.17, 15) is 24.3 Å². The Morgan fingerprint density at radius 1 is 0.907 bits per heavy atom. The molecule has 1 aromatic rings. The minimum Gasteiger partial charge on any atom is -0.564 e. The summed E-state index contributed by atoms with van der Waals surface area (Å²) in [4.78, 5) is 53.6. The molecule has 1 aromatic heterocycles. The van der Waals surface area contributed by atoms with Crippen LogP contribution in [0.1, 0.15) is 57.8 Å². The van der Waals surface area contributed by atoms with Crippen LogP contribution in [0.15, 0.2) is 0 Å². The Hall–Kier alpha value is -2.90. The number of carbonyl (C=O) groups is 4. The molecule has 1 saturated carbocycles. The van der Waals surface area contributed by atoms with Crippen molar-refractivity contribution in [2.75, 3.05) is 65.4 Å². The van der Waals surface area contributed by atoms with Crippen LogP contribution in [0.2, 0.25) is 0 Å². The third-order valence-corrected chi connectivity index (χ3v) is 9.27. The van der Waals surface area contributed by atoms with E-state index in [4.69, 9.17) is 5.11 Å². The van der Waals surface area contributed by atoms with E-state index in [0.717, 1.165) is 37.8 Å². The Bertz CT molecular complexity index is 1120. The van der Waals surface area contributed by atoms with E-state index in [1.54, 1.807) is 4.90 Å². The molecule has 2 unspecified atom stereocenters. The van der Waals surface area contributed by atoms with E-state index < -0.39 is 11.9 Å². The molecule has 0 radical (unpaired) electrons. The zero-order chi connectivity index (χ0) is 31.1. The number of aryl methyl sites for hydroxylation is 2. The first-order chi connectivity index (χ1) is 20.4. The number of carboxylic acid groups (broad SMARTS) is 1. The van der Waals surface area contributed by atoms with Crippen LogP contribution in [0.4, 0.5) is 0 Å². The number of hydrogen-bond acceptors (Lipinski definition) is 9. The second kappa shape index (κ2) is 14.7. The van der Waals surface area contributed by atoms with Crippen molar-refractivity contribution in [2.45, 2.75) is 65.8 Å². The van der Waals surface area contributed by atoms with Crippen molar-refractivity contribution in [1.29, 1.82) is 0 Å². The second-order valence-electron chi connectivity index (χ2n) is 13.5.